The van der Waals surface area contributed by atoms with E-state index in [1.165, 1.54) is 4.90 Å². The summed E-state index contributed by atoms with van der Waals surface area (Å²) >= 11 is 1.60. The van der Waals surface area contributed by atoms with E-state index in [-0.39, 0.29) is 12.6 Å². The minimum atomic E-state index is -4.22. The van der Waals surface area contributed by atoms with Gasteiger partial charge in [-0.1, -0.05) is 18.2 Å². The fourth-order valence-electron chi connectivity index (χ4n) is 3.03. The van der Waals surface area contributed by atoms with Crippen molar-refractivity contribution in [3.63, 3.8) is 0 Å². The molecule has 0 saturated carbocycles. The van der Waals surface area contributed by atoms with Crippen LogP contribution in [0.25, 0.3) is 0 Å². The SMILES string of the molecule is O=C(Nc1cccc(CSc2ccccn2)c1)NC1CCN(CC(F)(F)F)C1. The number of rotatable bonds is 6. The van der Waals surface area contributed by atoms with Crippen LogP contribution in [0.2, 0.25) is 0 Å². The van der Waals surface area contributed by atoms with Crippen LogP contribution in [0.3, 0.4) is 0 Å². The number of likely N-dealkylation sites (tertiary alicyclic amines) is 1. The molecule has 28 heavy (non-hydrogen) atoms. The van der Waals surface area contributed by atoms with Crippen molar-refractivity contribution in [1.29, 1.82) is 0 Å². The number of nitrogens with zero attached hydrogens (tertiary/aromatic N) is 2. The molecule has 5 nitrogen and oxygen atoms in total. The number of hydrogen-bond donors (Lipinski definition) is 2. The average molecular weight is 410 g/mol. The van der Waals surface area contributed by atoms with Crippen molar-refractivity contribution in [3.05, 3.63) is 54.2 Å². The third-order valence-corrected chi connectivity index (χ3v) is 5.23. The van der Waals surface area contributed by atoms with Gasteiger partial charge >= 0.3 is 12.2 Å². The van der Waals surface area contributed by atoms with Gasteiger partial charge in [-0.25, -0.2) is 9.78 Å². The molecule has 2 heterocycles. The van der Waals surface area contributed by atoms with E-state index in [1.807, 2.05) is 36.4 Å². The number of hydrogen-bond acceptors (Lipinski definition) is 4. The van der Waals surface area contributed by atoms with Crippen molar-refractivity contribution in [2.24, 2.45) is 0 Å². The highest BCUT2D eigenvalue weighted by atomic mass is 32.2. The van der Waals surface area contributed by atoms with Crippen molar-refractivity contribution in [2.75, 3.05) is 25.0 Å². The fraction of sp³-hybridized carbons (Fsp3) is 0.368. The van der Waals surface area contributed by atoms with E-state index in [0.29, 0.717) is 24.4 Å². The van der Waals surface area contributed by atoms with Crippen LogP contribution in [-0.4, -0.2) is 47.8 Å². The lowest BCUT2D eigenvalue weighted by molar-refractivity contribution is -0.143. The summed E-state index contributed by atoms with van der Waals surface area (Å²) in [5.74, 6) is 0.711. The smallest absolute Gasteiger partial charge is 0.334 e. The average Bonchev–Trinajstić information content (AvgIpc) is 3.06. The zero-order valence-corrected chi connectivity index (χ0v) is 15.9. The quantitative estimate of drug-likeness (QED) is 0.703. The molecule has 1 aromatic carbocycles. The molecule has 1 atom stereocenters. The monoisotopic (exact) mass is 410 g/mol. The molecule has 3 rings (SSSR count). The molecule has 9 heteroatoms. The Balaban J connectivity index is 1.47. The number of carbonyl (C=O) groups is 1. The van der Waals surface area contributed by atoms with Crippen LogP contribution in [0.1, 0.15) is 12.0 Å². The first-order valence-electron chi connectivity index (χ1n) is 8.87. The third-order valence-electron chi connectivity index (χ3n) is 4.22. The second-order valence-electron chi connectivity index (χ2n) is 6.59. The first kappa shape index (κ1) is 20.5. The molecule has 1 fully saturated rings. The number of aromatic nitrogens is 1. The lowest BCUT2D eigenvalue weighted by atomic mass is 10.2. The number of halogens is 3. The number of pyridine rings is 1. The summed E-state index contributed by atoms with van der Waals surface area (Å²) in [6.45, 7) is -0.416. The minimum Gasteiger partial charge on any atom is -0.334 e. The molecule has 0 bridgehead atoms. The molecule has 1 unspecified atom stereocenters. The number of nitrogens with one attached hydrogen (secondary N) is 2. The van der Waals surface area contributed by atoms with Gasteiger partial charge in [-0.2, -0.15) is 13.2 Å². The van der Waals surface area contributed by atoms with Gasteiger partial charge in [0.25, 0.3) is 0 Å². The van der Waals surface area contributed by atoms with Crippen molar-refractivity contribution in [3.8, 4) is 0 Å². The first-order valence-corrected chi connectivity index (χ1v) is 9.85. The number of carbonyl (C=O) groups excluding carboxylic acids is 1. The number of thioether (sulfide) groups is 1. The molecular formula is C19H21F3N4OS. The summed E-state index contributed by atoms with van der Waals surface area (Å²) in [5.41, 5.74) is 1.67. The van der Waals surface area contributed by atoms with Gasteiger partial charge in [-0.3, -0.25) is 4.90 Å². The Morgan fingerprint density at radius 2 is 2.11 bits per heavy atom. The summed E-state index contributed by atoms with van der Waals surface area (Å²) in [6, 6.07) is 12.5. The highest BCUT2D eigenvalue weighted by Crippen LogP contribution is 2.22. The van der Waals surface area contributed by atoms with Gasteiger partial charge in [0, 0.05) is 36.8 Å². The highest BCUT2D eigenvalue weighted by Gasteiger charge is 2.34. The van der Waals surface area contributed by atoms with Gasteiger partial charge < -0.3 is 10.6 Å². The summed E-state index contributed by atoms with van der Waals surface area (Å²) < 4.78 is 37.3. The maximum absolute atomic E-state index is 12.4. The van der Waals surface area contributed by atoms with Gasteiger partial charge in [0.05, 0.1) is 11.6 Å². The maximum Gasteiger partial charge on any atom is 0.401 e. The normalized spacial score (nSPS) is 17.5. The standard InChI is InChI=1S/C19H21F3N4OS/c20-19(21,22)13-26-9-7-16(11-26)25-18(27)24-15-5-3-4-14(10-15)12-28-17-6-1-2-8-23-17/h1-6,8,10,16H,7,9,11-13H2,(H2,24,25,27). The molecule has 0 radical (unpaired) electrons. The first-order chi connectivity index (χ1) is 13.4. The predicted molar refractivity (Wildman–Crippen MR) is 103 cm³/mol. The molecule has 2 N–H and O–H groups in total. The lowest BCUT2D eigenvalue weighted by Crippen LogP contribution is -2.41. The number of urea groups is 1. The van der Waals surface area contributed by atoms with E-state index in [9.17, 15) is 18.0 Å². The summed E-state index contributed by atoms with van der Waals surface area (Å²) in [5, 5.41) is 6.42. The van der Waals surface area contributed by atoms with E-state index in [4.69, 9.17) is 0 Å². The lowest BCUT2D eigenvalue weighted by Gasteiger charge is -2.18. The van der Waals surface area contributed by atoms with E-state index in [2.05, 4.69) is 15.6 Å². The van der Waals surface area contributed by atoms with Gasteiger partial charge in [0.15, 0.2) is 0 Å². The van der Waals surface area contributed by atoms with E-state index in [1.54, 1.807) is 24.0 Å². The van der Waals surface area contributed by atoms with Crippen LogP contribution >= 0.6 is 11.8 Å². The predicted octanol–water partition coefficient (Wildman–Crippen LogP) is 4.13. The summed E-state index contributed by atoms with van der Waals surface area (Å²) in [6.07, 6.45) is -1.97. The molecular weight excluding hydrogens is 389 g/mol. The second-order valence-corrected chi connectivity index (χ2v) is 7.59. The third kappa shape index (κ3) is 6.72. The van der Waals surface area contributed by atoms with Crippen LogP contribution in [0.5, 0.6) is 0 Å². The second kappa shape index (κ2) is 9.29. The van der Waals surface area contributed by atoms with Crippen molar-refractivity contribution in [2.45, 2.75) is 29.4 Å². The highest BCUT2D eigenvalue weighted by molar-refractivity contribution is 7.98. The van der Waals surface area contributed by atoms with Crippen molar-refractivity contribution >= 4 is 23.5 Å². The molecule has 2 amide bonds. The van der Waals surface area contributed by atoms with E-state index < -0.39 is 18.8 Å². The number of amides is 2. The number of alkyl halides is 3. The van der Waals surface area contributed by atoms with Crippen molar-refractivity contribution < 1.29 is 18.0 Å². The van der Waals surface area contributed by atoms with Gasteiger partial charge in [-0.15, -0.1) is 11.8 Å². The molecule has 0 aliphatic carbocycles. The zero-order chi connectivity index (χ0) is 20.0. The number of anilines is 1. The Hall–Kier alpha value is -2.26. The summed E-state index contributed by atoms with van der Waals surface area (Å²) in [7, 11) is 0. The Kier molecular flexibility index (Phi) is 6.79. The molecule has 2 aromatic rings. The molecule has 1 aliphatic heterocycles. The molecule has 0 spiro atoms. The van der Waals surface area contributed by atoms with E-state index in [0.717, 1.165) is 10.6 Å². The molecule has 150 valence electrons. The van der Waals surface area contributed by atoms with Gasteiger partial charge in [0.1, 0.15) is 0 Å². The largest absolute Gasteiger partial charge is 0.401 e. The minimum absolute atomic E-state index is 0.202. The van der Waals surface area contributed by atoms with Crippen LogP contribution in [-0.2, 0) is 5.75 Å². The summed E-state index contributed by atoms with van der Waals surface area (Å²) in [4.78, 5) is 17.7. The molecule has 1 aliphatic rings. The topological polar surface area (TPSA) is 57.3 Å². The zero-order valence-electron chi connectivity index (χ0n) is 15.1. The Bertz CT molecular complexity index is 788. The van der Waals surface area contributed by atoms with Crippen LogP contribution < -0.4 is 10.6 Å². The number of benzene rings is 1. The van der Waals surface area contributed by atoms with E-state index >= 15 is 0 Å². The Labute approximate surface area is 165 Å². The van der Waals surface area contributed by atoms with Crippen LogP contribution in [0, 0.1) is 0 Å². The van der Waals surface area contributed by atoms with Crippen molar-refractivity contribution in [1.82, 2.24) is 15.2 Å². The van der Waals surface area contributed by atoms with Gasteiger partial charge in [-0.05, 0) is 36.2 Å². The van der Waals surface area contributed by atoms with Crippen LogP contribution in [0.15, 0.2) is 53.7 Å². The molecule has 1 aromatic heterocycles. The fourth-order valence-corrected chi connectivity index (χ4v) is 3.83. The Morgan fingerprint density at radius 1 is 1.25 bits per heavy atom. The van der Waals surface area contributed by atoms with Gasteiger partial charge in [0.2, 0.25) is 0 Å². The van der Waals surface area contributed by atoms with Crippen LogP contribution in [0.4, 0.5) is 23.7 Å². The Morgan fingerprint density at radius 3 is 2.86 bits per heavy atom. The maximum atomic E-state index is 12.4. The molecule has 1 saturated heterocycles.